The molecule has 0 aliphatic heterocycles. The Labute approximate surface area is 128 Å². The molecule has 0 saturated heterocycles. The van der Waals surface area contributed by atoms with E-state index in [9.17, 15) is 0 Å². The molecule has 0 radical (unpaired) electrons. The Kier molecular flexibility index (Phi) is 8.30. The molecule has 120 valence electrons. The minimum Gasteiger partial charge on any atom is -0.389 e. The molecule has 0 fully saturated rings. The minimum atomic E-state index is -2.11. The van der Waals surface area contributed by atoms with Gasteiger partial charge in [0.15, 0.2) is 0 Å². The maximum atomic E-state index is 6.33. The summed E-state index contributed by atoms with van der Waals surface area (Å²) in [6.45, 7) is 18.7. The van der Waals surface area contributed by atoms with E-state index in [4.69, 9.17) is 8.85 Å². The summed E-state index contributed by atoms with van der Waals surface area (Å²) in [5.41, 5.74) is -0.260. The monoisotopic (exact) mass is 300 g/mol. The Morgan fingerprint density at radius 1 is 0.850 bits per heavy atom. The first-order chi connectivity index (χ1) is 8.97. The van der Waals surface area contributed by atoms with E-state index < -0.39 is 8.56 Å². The Balaban J connectivity index is 4.35. The van der Waals surface area contributed by atoms with Gasteiger partial charge in [-0.2, -0.15) is 0 Å². The molecule has 0 spiro atoms. The highest BCUT2D eigenvalue weighted by atomic mass is 28.4. The van der Waals surface area contributed by atoms with Crippen LogP contribution < -0.4 is 0 Å². The van der Waals surface area contributed by atoms with Crippen molar-refractivity contribution in [1.82, 2.24) is 0 Å². The molecule has 0 atom stereocenters. The van der Waals surface area contributed by atoms with Crippen molar-refractivity contribution in [3.05, 3.63) is 12.7 Å². The van der Waals surface area contributed by atoms with Crippen molar-refractivity contribution in [1.29, 1.82) is 0 Å². The second-order valence-corrected chi connectivity index (χ2v) is 11.0. The number of allylic oxidation sites excluding steroid dienone is 1. The van der Waals surface area contributed by atoms with Crippen LogP contribution in [0.5, 0.6) is 0 Å². The van der Waals surface area contributed by atoms with Crippen LogP contribution in [0.4, 0.5) is 0 Å². The van der Waals surface area contributed by atoms with Crippen LogP contribution in [0.25, 0.3) is 0 Å². The standard InChI is InChI=1S/C17H36O2Si/c1-9-10-11-12-13-14-15-20(8,18-16(2,3)4)19-17(5,6)7/h9H,1,10-15H2,2-8H3. The summed E-state index contributed by atoms with van der Waals surface area (Å²) in [6, 6.07) is 1.08. The van der Waals surface area contributed by atoms with Crippen molar-refractivity contribution in [2.45, 2.75) is 97.4 Å². The summed E-state index contributed by atoms with van der Waals surface area (Å²) in [7, 11) is -2.11. The van der Waals surface area contributed by atoms with Crippen molar-refractivity contribution in [2.24, 2.45) is 0 Å². The van der Waals surface area contributed by atoms with Crippen LogP contribution in [0.15, 0.2) is 12.7 Å². The van der Waals surface area contributed by atoms with E-state index in [0.717, 1.165) is 12.5 Å². The maximum Gasteiger partial charge on any atom is 0.335 e. The second kappa shape index (κ2) is 8.35. The number of unbranched alkanes of at least 4 members (excludes halogenated alkanes) is 4. The average Bonchev–Trinajstić information content (AvgIpc) is 2.17. The molecule has 0 bridgehead atoms. The fourth-order valence-electron chi connectivity index (χ4n) is 2.51. The molecule has 0 aromatic rings. The largest absolute Gasteiger partial charge is 0.389 e. The van der Waals surface area contributed by atoms with Gasteiger partial charge in [-0.1, -0.05) is 25.3 Å². The van der Waals surface area contributed by atoms with E-state index in [2.05, 4.69) is 54.7 Å². The SMILES string of the molecule is C=CCCCCCC[Si](C)(OC(C)(C)C)OC(C)(C)C. The predicted molar refractivity (Wildman–Crippen MR) is 91.4 cm³/mol. The van der Waals surface area contributed by atoms with E-state index in [-0.39, 0.29) is 11.2 Å². The zero-order valence-corrected chi connectivity index (χ0v) is 15.8. The van der Waals surface area contributed by atoms with Gasteiger partial charge in [0.1, 0.15) is 0 Å². The highest BCUT2D eigenvalue weighted by Crippen LogP contribution is 2.28. The Hall–Kier alpha value is -0.123. The molecule has 0 unspecified atom stereocenters. The highest BCUT2D eigenvalue weighted by molar-refractivity contribution is 6.66. The molecule has 0 rings (SSSR count). The van der Waals surface area contributed by atoms with Crippen LogP contribution in [0.1, 0.15) is 73.6 Å². The van der Waals surface area contributed by atoms with Crippen LogP contribution >= 0.6 is 0 Å². The third-order valence-electron chi connectivity index (χ3n) is 2.83. The summed E-state index contributed by atoms with van der Waals surface area (Å²) in [6.07, 6.45) is 8.13. The predicted octanol–water partition coefficient (Wildman–Crippen LogP) is 5.83. The number of hydrogen-bond donors (Lipinski definition) is 0. The lowest BCUT2D eigenvalue weighted by atomic mass is 10.1. The van der Waals surface area contributed by atoms with Gasteiger partial charge in [-0.25, -0.2) is 0 Å². The smallest absolute Gasteiger partial charge is 0.335 e. The molecule has 2 nitrogen and oxygen atoms in total. The van der Waals surface area contributed by atoms with Crippen LogP contribution in [0, 0.1) is 0 Å². The van der Waals surface area contributed by atoms with Gasteiger partial charge in [-0.3, -0.25) is 0 Å². The van der Waals surface area contributed by atoms with E-state index >= 15 is 0 Å². The molecule has 0 saturated carbocycles. The van der Waals surface area contributed by atoms with Gasteiger partial charge in [-0.15, -0.1) is 6.58 Å². The lowest BCUT2D eigenvalue weighted by Crippen LogP contribution is -2.49. The van der Waals surface area contributed by atoms with Crippen LogP contribution in [0.3, 0.4) is 0 Å². The first kappa shape index (κ1) is 19.9. The Morgan fingerprint density at radius 3 is 1.70 bits per heavy atom. The van der Waals surface area contributed by atoms with Gasteiger partial charge in [0.25, 0.3) is 0 Å². The molecule has 0 aromatic heterocycles. The van der Waals surface area contributed by atoms with E-state index in [1.165, 1.54) is 25.7 Å². The van der Waals surface area contributed by atoms with Crippen molar-refractivity contribution >= 4 is 8.56 Å². The summed E-state index contributed by atoms with van der Waals surface area (Å²) >= 11 is 0. The average molecular weight is 301 g/mol. The summed E-state index contributed by atoms with van der Waals surface area (Å²) < 4.78 is 12.7. The Morgan fingerprint density at radius 2 is 1.30 bits per heavy atom. The van der Waals surface area contributed by atoms with Gasteiger partial charge in [0.2, 0.25) is 0 Å². The minimum absolute atomic E-state index is 0.130. The van der Waals surface area contributed by atoms with Crippen LogP contribution in [-0.2, 0) is 8.85 Å². The fourth-order valence-corrected chi connectivity index (χ4v) is 6.24. The van der Waals surface area contributed by atoms with Crippen molar-refractivity contribution in [3.63, 3.8) is 0 Å². The first-order valence-corrected chi connectivity index (χ1v) is 10.5. The lowest BCUT2D eigenvalue weighted by molar-refractivity contribution is 0.0173. The number of rotatable bonds is 9. The molecule has 0 N–H and O–H groups in total. The first-order valence-electron chi connectivity index (χ1n) is 7.99. The lowest BCUT2D eigenvalue weighted by Gasteiger charge is -2.39. The molecule has 0 aliphatic carbocycles. The zero-order chi connectivity index (χ0) is 15.9. The summed E-state index contributed by atoms with van der Waals surface area (Å²) in [5, 5.41) is 0. The van der Waals surface area contributed by atoms with Crippen LogP contribution in [0.2, 0.25) is 12.6 Å². The molecule has 0 heterocycles. The van der Waals surface area contributed by atoms with Crippen LogP contribution in [-0.4, -0.2) is 19.8 Å². The van der Waals surface area contributed by atoms with Gasteiger partial charge in [0, 0.05) is 0 Å². The molecule has 0 aromatic carbocycles. The van der Waals surface area contributed by atoms with Crippen molar-refractivity contribution < 1.29 is 8.85 Å². The summed E-state index contributed by atoms with van der Waals surface area (Å²) in [4.78, 5) is 0. The highest BCUT2D eigenvalue weighted by Gasteiger charge is 2.38. The quantitative estimate of drug-likeness (QED) is 0.303. The Bertz CT molecular complexity index is 258. The molecule has 20 heavy (non-hydrogen) atoms. The normalized spacial score (nSPS) is 13.6. The van der Waals surface area contributed by atoms with Gasteiger partial charge in [0.05, 0.1) is 11.2 Å². The maximum absolute atomic E-state index is 6.33. The van der Waals surface area contributed by atoms with Crippen molar-refractivity contribution in [3.8, 4) is 0 Å². The molecule has 0 aliphatic rings. The van der Waals surface area contributed by atoms with Gasteiger partial charge >= 0.3 is 8.56 Å². The summed E-state index contributed by atoms with van der Waals surface area (Å²) in [5.74, 6) is 0. The molecular formula is C17H36O2Si. The van der Waals surface area contributed by atoms with E-state index in [1.807, 2.05) is 6.08 Å². The van der Waals surface area contributed by atoms with Gasteiger partial charge < -0.3 is 8.85 Å². The fraction of sp³-hybridized carbons (Fsp3) is 0.882. The topological polar surface area (TPSA) is 18.5 Å². The molecular weight excluding hydrogens is 264 g/mol. The van der Waals surface area contributed by atoms with Crippen molar-refractivity contribution in [2.75, 3.05) is 0 Å². The number of hydrogen-bond acceptors (Lipinski definition) is 2. The van der Waals surface area contributed by atoms with E-state index in [1.54, 1.807) is 0 Å². The molecule has 0 amide bonds. The van der Waals surface area contributed by atoms with E-state index in [0.29, 0.717) is 0 Å². The van der Waals surface area contributed by atoms with Gasteiger partial charge in [-0.05, 0) is 67.0 Å². The second-order valence-electron chi connectivity index (χ2n) is 7.80. The zero-order valence-electron chi connectivity index (χ0n) is 14.8. The molecule has 3 heteroatoms. The third kappa shape index (κ3) is 11.7. The third-order valence-corrected chi connectivity index (χ3v) is 6.18.